The van der Waals surface area contributed by atoms with Crippen molar-refractivity contribution < 1.29 is 9.53 Å². The Morgan fingerprint density at radius 3 is 2.83 bits per heavy atom. The first kappa shape index (κ1) is 14.9. The molecule has 3 nitrogen and oxygen atoms in total. The van der Waals surface area contributed by atoms with Gasteiger partial charge in [-0.15, -0.1) is 0 Å². The van der Waals surface area contributed by atoms with Crippen molar-refractivity contribution in [3.63, 3.8) is 0 Å². The summed E-state index contributed by atoms with van der Waals surface area (Å²) < 4.78 is 5.50. The van der Waals surface area contributed by atoms with Crippen molar-refractivity contribution in [1.29, 1.82) is 0 Å². The van der Waals surface area contributed by atoms with Crippen molar-refractivity contribution in [2.45, 2.75) is 12.8 Å². The van der Waals surface area contributed by atoms with E-state index in [1.807, 2.05) is 0 Å². The van der Waals surface area contributed by atoms with E-state index in [0.717, 1.165) is 12.8 Å². The van der Waals surface area contributed by atoms with E-state index >= 15 is 0 Å². The van der Waals surface area contributed by atoms with Crippen LogP contribution in [0.25, 0.3) is 0 Å². The van der Waals surface area contributed by atoms with Crippen LogP contribution in [-0.4, -0.2) is 19.1 Å². The van der Waals surface area contributed by atoms with E-state index in [2.05, 4.69) is 11.9 Å². The summed E-state index contributed by atoms with van der Waals surface area (Å²) in [4.78, 5) is 10.9. The Hall–Kier alpha value is -1.19. The van der Waals surface area contributed by atoms with Gasteiger partial charge in [0.25, 0.3) is 0 Å². The number of unbranched alkanes of at least 4 members (excludes halogenated alkanes) is 1. The highest BCUT2D eigenvalue weighted by molar-refractivity contribution is 6.35. The van der Waals surface area contributed by atoms with E-state index in [9.17, 15) is 4.79 Å². The lowest BCUT2D eigenvalue weighted by Gasteiger charge is -2.08. The molecule has 18 heavy (non-hydrogen) atoms. The molecule has 0 heterocycles. The topological polar surface area (TPSA) is 38.3 Å². The van der Waals surface area contributed by atoms with Crippen LogP contribution < -0.4 is 10.1 Å². The number of hydrogen-bond acceptors (Lipinski definition) is 2. The summed E-state index contributed by atoms with van der Waals surface area (Å²) in [6.45, 7) is 4.53. The smallest absolute Gasteiger partial charge is 0.243 e. The molecule has 0 saturated heterocycles. The summed E-state index contributed by atoms with van der Waals surface area (Å²) >= 11 is 11.7. The average Bonchev–Trinajstić information content (AvgIpc) is 2.35. The molecule has 1 rings (SSSR count). The van der Waals surface area contributed by atoms with Gasteiger partial charge < -0.3 is 10.1 Å². The summed E-state index contributed by atoms with van der Waals surface area (Å²) in [5.74, 6) is 0.466. The molecule has 0 fully saturated rings. The predicted molar refractivity (Wildman–Crippen MR) is 74.4 cm³/mol. The molecule has 1 N–H and O–H groups in total. The lowest BCUT2D eigenvalue weighted by Crippen LogP contribution is -2.22. The van der Waals surface area contributed by atoms with Gasteiger partial charge in [0.2, 0.25) is 5.91 Å². The van der Waals surface area contributed by atoms with Gasteiger partial charge in [-0.1, -0.05) is 29.8 Å². The number of benzene rings is 1. The molecule has 0 atom stereocenters. The second-order valence-electron chi connectivity index (χ2n) is 3.63. The van der Waals surface area contributed by atoms with Gasteiger partial charge in [0.15, 0.2) is 0 Å². The summed E-state index contributed by atoms with van der Waals surface area (Å²) in [6, 6.07) is 5.11. The van der Waals surface area contributed by atoms with Crippen LogP contribution in [0.1, 0.15) is 12.8 Å². The first-order valence-electron chi connectivity index (χ1n) is 5.61. The quantitative estimate of drug-likeness (QED) is 0.616. The van der Waals surface area contributed by atoms with Crippen molar-refractivity contribution >= 4 is 29.1 Å². The first-order valence-corrected chi connectivity index (χ1v) is 6.37. The third-order valence-corrected chi connectivity index (χ3v) is 2.74. The zero-order valence-electron chi connectivity index (χ0n) is 9.92. The van der Waals surface area contributed by atoms with Gasteiger partial charge in [-0.3, -0.25) is 4.79 Å². The molecule has 0 aromatic heterocycles. The zero-order chi connectivity index (χ0) is 13.4. The summed E-state index contributed by atoms with van der Waals surface area (Å²) in [6.07, 6.45) is 2.92. The molecule has 0 radical (unpaired) electrons. The molecule has 0 unspecified atom stereocenters. The Kier molecular flexibility index (Phi) is 6.61. The number of amides is 1. The normalized spacial score (nSPS) is 9.89. The van der Waals surface area contributed by atoms with Crippen LogP contribution in [-0.2, 0) is 4.79 Å². The lowest BCUT2D eigenvalue weighted by molar-refractivity contribution is -0.116. The van der Waals surface area contributed by atoms with Gasteiger partial charge in [0.1, 0.15) is 5.75 Å². The van der Waals surface area contributed by atoms with E-state index in [0.29, 0.717) is 28.9 Å². The molecule has 5 heteroatoms. The number of carbonyl (C=O) groups excluding carboxylic acids is 1. The SMILES string of the molecule is C=CC(=O)NCCCCOc1ccc(Cl)cc1Cl. The van der Waals surface area contributed by atoms with Crippen molar-refractivity contribution in [3.05, 3.63) is 40.9 Å². The van der Waals surface area contributed by atoms with Crippen molar-refractivity contribution in [2.75, 3.05) is 13.2 Å². The molecular weight excluding hydrogens is 273 g/mol. The summed E-state index contributed by atoms with van der Waals surface area (Å²) in [7, 11) is 0. The van der Waals surface area contributed by atoms with E-state index in [4.69, 9.17) is 27.9 Å². The number of ether oxygens (including phenoxy) is 1. The van der Waals surface area contributed by atoms with Gasteiger partial charge >= 0.3 is 0 Å². The van der Waals surface area contributed by atoms with Crippen molar-refractivity contribution in [1.82, 2.24) is 5.32 Å². The van der Waals surface area contributed by atoms with Crippen LogP contribution in [0.5, 0.6) is 5.75 Å². The third-order valence-electron chi connectivity index (χ3n) is 2.21. The Morgan fingerprint density at radius 2 is 2.17 bits per heavy atom. The van der Waals surface area contributed by atoms with Gasteiger partial charge in [0, 0.05) is 11.6 Å². The van der Waals surface area contributed by atoms with Crippen LogP contribution in [0.15, 0.2) is 30.9 Å². The Balaban J connectivity index is 2.18. The maximum Gasteiger partial charge on any atom is 0.243 e. The van der Waals surface area contributed by atoms with Gasteiger partial charge in [-0.05, 0) is 37.1 Å². The molecule has 1 aromatic carbocycles. The van der Waals surface area contributed by atoms with Gasteiger partial charge in [-0.25, -0.2) is 0 Å². The van der Waals surface area contributed by atoms with E-state index < -0.39 is 0 Å². The first-order chi connectivity index (χ1) is 8.63. The van der Waals surface area contributed by atoms with Crippen LogP contribution in [0.4, 0.5) is 0 Å². The Bertz CT molecular complexity index is 421. The standard InChI is InChI=1S/C13H15Cl2NO2/c1-2-13(17)16-7-3-4-8-18-12-6-5-10(14)9-11(12)15/h2,5-6,9H,1,3-4,7-8H2,(H,16,17). The highest BCUT2D eigenvalue weighted by Crippen LogP contribution is 2.27. The highest BCUT2D eigenvalue weighted by atomic mass is 35.5. The molecule has 0 aliphatic heterocycles. The number of rotatable bonds is 7. The Labute approximate surface area is 117 Å². The highest BCUT2D eigenvalue weighted by Gasteiger charge is 2.01. The number of hydrogen-bond donors (Lipinski definition) is 1. The number of carbonyl (C=O) groups is 1. The number of halogens is 2. The fourth-order valence-corrected chi connectivity index (χ4v) is 1.75. The average molecular weight is 288 g/mol. The molecule has 0 saturated carbocycles. The third kappa shape index (κ3) is 5.43. The second-order valence-corrected chi connectivity index (χ2v) is 4.47. The fraction of sp³-hybridized carbons (Fsp3) is 0.308. The molecule has 0 bridgehead atoms. The van der Waals surface area contributed by atoms with Gasteiger partial charge in [-0.2, -0.15) is 0 Å². The van der Waals surface area contributed by atoms with Crippen molar-refractivity contribution in [3.8, 4) is 5.75 Å². The van der Waals surface area contributed by atoms with Crippen LogP contribution in [0.2, 0.25) is 10.0 Å². The molecular formula is C13H15Cl2NO2. The second kappa shape index (κ2) is 8.01. The van der Waals surface area contributed by atoms with E-state index in [-0.39, 0.29) is 5.91 Å². The van der Waals surface area contributed by atoms with Gasteiger partial charge in [0.05, 0.1) is 11.6 Å². The molecule has 0 aliphatic carbocycles. The minimum Gasteiger partial charge on any atom is -0.492 e. The zero-order valence-corrected chi connectivity index (χ0v) is 11.4. The van der Waals surface area contributed by atoms with Crippen LogP contribution in [0.3, 0.4) is 0 Å². The minimum atomic E-state index is -0.156. The van der Waals surface area contributed by atoms with Crippen LogP contribution in [0, 0.1) is 0 Å². The van der Waals surface area contributed by atoms with E-state index in [1.165, 1.54) is 6.08 Å². The lowest BCUT2D eigenvalue weighted by atomic mass is 10.3. The largest absolute Gasteiger partial charge is 0.492 e. The molecule has 0 spiro atoms. The molecule has 98 valence electrons. The van der Waals surface area contributed by atoms with E-state index in [1.54, 1.807) is 18.2 Å². The Morgan fingerprint density at radius 1 is 1.39 bits per heavy atom. The fourth-order valence-electron chi connectivity index (χ4n) is 1.29. The molecule has 0 aliphatic rings. The summed E-state index contributed by atoms with van der Waals surface area (Å²) in [5.41, 5.74) is 0. The van der Waals surface area contributed by atoms with Crippen molar-refractivity contribution in [2.24, 2.45) is 0 Å². The molecule has 1 aromatic rings. The van der Waals surface area contributed by atoms with Crippen LogP contribution >= 0.6 is 23.2 Å². The monoisotopic (exact) mass is 287 g/mol. The number of nitrogens with one attached hydrogen (secondary N) is 1. The predicted octanol–water partition coefficient (Wildman–Crippen LogP) is 3.45. The minimum absolute atomic E-state index is 0.156. The maximum absolute atomic E-state index is 10.9. The maximum atomic E-state index is 10.9. The summed E-state index contributed by atoms with van der Waals surface area (Å²) in [5, 5.41) is 3.78. The molecule has 1 amide bonds.